The van der Waals surface area contributed by atoms with E-state index >= 15 is 0 Å². The van der Waals surface area contributed by atoms with Crippen LogP contribution >= 0.6 is 0 Å². The highest BCUT2D eigenvalue weighted by molar-refractivity contribution is 5.26. The number of piperidine rings is 1. The minimum atomic E-state index is -0.100. The highest BCUT2D eigenvalue weighted by atomic mass is 16.5. The van der Waals surface area contributed by atoms with Gasteiger partial charge in [0.1, 0.15) is 5.72 Å². The number of ether oxygens (including phenoxy) is 1. The lowest BCUT2D eigenvalue weighted by molar-refractivity contribution is -0.115. The lowest BCUT2D eigenvalue weighted by Crippen LogP contribution is -2.57. The second kappa shape index (κ2) is 6.58. The summed E-state index contributed by atoms with van der Waals surface area (Å²) in [7, 11) is 0. The molecule has 0 radical (unpaired) electrons. The van der Waals surface area contributed by atoms with Gasteiger partial charge in [0.25, 0.3) is 0 Å². The predicted molar refractivity (Wildman–Crippen MR) is 120 cm³/mol. The Kier molecular flexibility index (Phi) is 4.44. The molecule has 2 aliphatic heterocycles. The summed E-state index contributed by atoms with van der Waals surface area (Å²) in [5.41, 5.74) is 2.33. The summed E-state index contributed by atoms with van der Waals surface area (Å²) in [5.74, 6) is 4.58. The van der Waals surface area contributed by atoms with Gasteiger partial charge in [-0.3, -0.25) is 5.32 Å². The summed E-state index contributed by atoms with van der Waals surface area (Å²) in [6.07, 6.45) is 13.8. The van der Waals surface area contributed by atoms with Crippen molar-refractivity contribution >= 4 is 0 Å². The van der Waals surface area contributed by atoms with Crippen molar-refractivity contribution in [1.82, 2.24) is 5.32 Å². The molecule has 2 saturated heterocycles. The van der Waals surface area contributed by atoms with Gasteiger partial charge in [0.2, 0.25) is 0 Å². The van der Waals surface area contributed by atoms with Gasteiger partial charge in [-0.2, -0.15) is 0 Å². The summed E-state index contributed by atoms with van der Waals surface area (Å²) >= 11 is 0. The third-order valence-corrected chi connectivity index (χ3v) is 11.6. The molecule has 0 bridgehead atoms. The highest BCUT2D eigenvalue weighted by Gasteiger charge is 2.68. The predicted octanol–water partition coefficient (Wildman–Crippen LogP) is 5.29. The molecule has 3 nitrogen and oxygen atoms in total. The molecular formula is C27H43NO2. The van der Waals surface area contributed by atoms with Crippen LogP contribution in [0.3, 0.4) is 0 Å². The molecular weight excluding hydrogens is 370 g/mol. The van der Waals surface area contributed by atoms with Crippen molar-refractivity contribution < 1.29 is 9.84 Å². The second-order valence-electron chi connectivity index (χ2n) is 12.8. The topological polar surface area (TPSA) is 41.5 Å². The van der Waals surface area contributed by atoms with Gasteiger partial charge in [0.05, 0.1) is 12.2 Å². The van der Waals surface area contributed by atoms with Crippen molar-refractivity contribution in [3.05, 3.63) is 11.6 Å². The Morgan fingerprint density at radius 3 is 2.67 bits per heavy atom. The first-order valence-electron chi connectivity index (χ1n) is 13.1. The van der Waals surface area contributed by atoms with Gasteiger partial charge < -0.3 is 9.84 Å². The van der Waals surface area contributed by atoms with Crippen molar-refractivity contribution in [2.24, 2.45) is 46.3 Å². The average Bonchev–Trinajstić information content (AvgIpc) is 3.16. The Labute approximate surface area is 183 Å². The number of fused-ring (bicyclic) bond motifs is 7. The Hall–Kier alpha value is -0.380. The van der Waals surface area contributed by atoms with Gasteiger partial charge in [-0.05, 0) is 98.2 Å². The number of hydrogen-bond donors (Lipinski definition) is 2. The number of aliphatic hydroxyl groups excluding tert-OH is 1. The Balaban J connectivity index is 1.28. The van der Waals surface area contributed by atoms with Crippen LogP contribution in [0.5, 0.6) is 0 Å². The van der Waals surface area contributed by atoms with Gasteiger partial charge in [0.15, 0.2) is 0 Å². The second-order valence-corrected chi connectivity index (χ2v) is 12.8. The van der Waals surface area contributed by atoms with Crippen molar-refractivity contribution in [1.29, 1.82) is 0 Å². The SMILES string of the molecule is CC1CC[C@@]2(NC1)O[C@H]1C[C@H]3[C@@H]4CC=C5CC(O)CC[C@]5(C)C4CC[C@]3(C)[C@H]1[C@@H]2C. The maximum Gasteiger partial charge on any atom is 0.122 e. The molecule has 3 heteroatoms. The number of hydrogen-bond acceptors (Lipinski definition) is 3. The van der Waals surface area contributed by atoms with Crippen LogP contribution in [0.25, 0.3) is 0 Å². The van der Waals surface area contributed by atoms with Crippen molar-refractivity contribution in [3.8, 4) is 0 Å². The molecule has 11 atom stereocenters. The van der Waals surface area contributed by atoms with Gasteiger partial charge in [-0.25, -0.2) is 0 Å². The Bertz CT molecular complexity index is 739. The molecule has 6 aliphatic rings. The average molecular weight is 414 g/mol. The molecule has 3 unspecified atom stereocenters. The highest BCUT2D eigenvalue weighted by Crippen LogP contribution is 2.70. The van der Waals surface area contributed by atoms with Crippen LogP contribution < -0.4 is 5.32 Å². The zero-order chi connectivity index (χ0) is 20.9. The van der Waals surface area contributed by atoms with E-state index in [0.717, 1.165) is 49.0 Å². The molecule has 168 valence electrons. The lowest BCUT2D eigenvalue weighted by atomic mass is 9.47. The first-order chi connectivity index (χ1) is 14.3. The monoisotopic (exact) mass is 413 g/mol. The van der Waals surface area contributed by atoms with E-state index in [-0.39, 0.29) is 11.8 Å². The van der Waals surface area contributed by atoms with Crippen LogP contribution in [0.15, 0.2) is 11.6 Å². The van der Waals surface area contributed by atoms with Gasteiger partial charge >= 0.3 is 0 Å². The normalized spacial score (nSPS) is 59.8. The molecule has 0 aromatic heterocycles. The summed E-state index contributed by atoms with van der Waals surface area (Å²) < 4.78 is 7.00. The Morgan fingerprint density at radius 1 is 1.07 bits per heavy atom. The smallest absolute Gasteiger partial charge is 0.122 e. The number of aliphatic hydroxyl groups is 1. The quantitative estimate of drug-likeness (QED) is 0.530. The third-order valence-electron chi connectivity index (χ3n) is 11.6. The lowest BCUT2D eigenvalue weighted by Gasteiger charge is -2.58. The van der Waals surface area contributed by atoms with E-state index in [2.05, 4.69) is 39.1 Å². The molecule has 6 rings (SSSR count). The van der Waals surface area contributed by atoms with Gasteiger partial charge in [-0.1, -0.05) is 39.3 Å². The van der Waals surface area contributed by atoms with E-state index in [1.807, 2.05) is 0 Å². The first-order valence-corrected chi connectivity index (χ1v) is 13.1. The molecule has 4 aliphatic carbocycles. The van der Waals surface area contributed by atoms with Crippen LogP contribution in [0.1, 0.15) is 85.5 Å². The van der Waals surface area contributed by atoms with Crippen molar-refractivity contribution in [2.75, 3.05) is 6.54 Å². The molecule has 2 N–H and O–H groups in total. The van der Waals surface area contributed by atoms with E-state index in [1.54, 1.807) is 5.57 Å². The number of allylic oxidation sites excluding steroid dienone is 1. The summed E-state index contributed by atoms with van der Waals surface area (Å²) in [6.45, 7) is 11.2. The van der Waals surface area contributed by atoms with Crippen molar-refractivity contribution in [3.63, 3.8) is 0 Å². The largest absolute Gasteiger partial charge is 0.393 e. The fourth-order valence-electron chi connectivity index (χ4n) is 9.84. The van der Waals surface area contributed by atoms with E-state index in [1.165, 1.54) is 44.9 Å². The van der Waals surface area contributed by atoms with E-state index in [4.69, 9.17) is 4.74 Å². The molecule has 30 heavy (non-hydrogen) atoms. The molecule has 1 spiro atoms. The standard InChI is InChI=1S/C27H43NO2/c1-16-7-12-27(28-15-16)17(2)24-23(30-27)14-22-20-6-5-18-13-19(29)8-10-25(18,3)21(20)9-11-26(22,24)4/h5,16-17,19-24,28-29H,6-15H2,1-4H3/t16?,17-,19?,20+,21?,22-,23-,24-,25-,26-,27+/m0/s1. The molecule has 5 fully saturated rings. The molecule has 3 saturated carbocycles. The fraction of sp³-hybridized carbons (Fsp3) is 0.926. The van der Waals surface area contributed by atoms with Crippen LogP contribution in [0.4, 0.5) is 0 Å². The fourth-order valence-corrected chi connectivity index (χ4v) is 9.84. The number of nitrogens with one attached hydrogen (secondary N) is 1. The van der Waals surface area contributed by atoms with E-state index in [0.29, 0.717) is 22.9 Å². The van der Waals surface area contributed by atoms with Crippen LogP contribution in [0.2, 0.25) is 0 Å². The molecule has 0 aromatic carbocycles. The van der Waals surface area contributed by atoms with Crippen LogP contribution in [-0.2, 0) is 4.74 Å². The van der Waals surface area contributed by atoms with Gasteiger partial charge in [-0.15, -0.1) is 0 Å². The molecule has 0 amide bonds. The molecule has 2 heterocycles. The maximum atomic E-state index is 10.3. The third kappa shape index (κ3) is 2.55. The Morgan fingerprint density at radius 2 is 1.90 bits per heavy atom. The zero-order valence-electron chi connectivity index (χ0n) is 19.6. The number of rotatable bonds is 0. The van der Waals surface area contributed by atoms with Crippen molar-refractivity contribution in [2.45, 2.75) is 103 Å². The zero-order valence-corrected chi connectivity index (χ0v) is 19.6. The maximum absolute atomic E-state index is 10.3. The van der Waals surface area contributed by atoms with Gasteiger partial charge in [0, 0.05) is 12.5 Å². The van der Waals surface area contributed by atoms with E-state index < -0.39 is 0 Å². The minimum Gasteiger partial charge on any atom is -0.393 e. The first kappa shape index (κ1) is 20.2. The summed E-state index contributed by atoms with van der Waals surface area (Å²) in [6, 6.07) is 0. The van der Waals surface area contributed by atoms with E-state index in [9.17, 15) is 5.11 Å². The van der Waals surface area contributed by atoms with Crippen LogP contribution in [-0.4, -0.2) is 29.6 Å². The minimum absolute atomic E-state index is 0.0439. The molecule has 0 aromatic rings. The summed E-state index contributed by atoms with van der Waals surface area (Å²) in [4.78, 5) is 0. The van der Waals surface area contributed by atoms with Crippen LogP contribution in [0, 0.1) is 46.3 Å². The summed E-state index contributed by atoms with van der Waals surface area (Å²) in [5, 5.41) is 14.1.